The molecule has 3 heterocycles. The molecule has 1 amide bonds. The topological polar surface area (TPSA) is 115 Å². The number of pyridine rings is 1. The number of nitrogens with two attached hydrogens (primary N) is 1. The van der Waals surface area contributed by atoms with Crippen LogP contribution in [-0.2, 0) is 4.79 Å². The number of rotatable bonds is 5. The van der Waals surface area contributed by atoms with Gasteiger partial charge in [-0.1, -0.05) is 0 Å². The highest BCUT2D eigenvalue weighted by Crippen LogP contribution is 2.35. The Kier molecular flexibility index (Phi) is 4.27. The van der Waals surface area contributed by atoms with E-state index in [0.717, 1.165) is 25.8 Å². The fraction of sp³-hybridized carbons (Fsp3) is 0.600. The molecule has 2 saturated heterocycles. The van der Waals surface area contributed by atoms with Gasteiger partial charge in [0.05, 0.1) is 12.3 Å². The zero-order valence-corrected chi connectivity index (χ0v) is 13.0. The number of nitrogen functional groups attached to an aromatic ring is 1. The molecule has 2 fully saturated rings. The first-order valence-corrected chi connectivity index (χ1v) is 7.93. The van der Waals surface area contributed by atoms with Crippen LogP contribution in [0.2, 0.25) is 0 Å². The molecule has 1 aromatic rings. The lowest BCUT2D eigenvalue weighted by molar-refractivity contribution is -0.110. The van der Waals surface area contributed by atoms with E-state index in [1.807, 2.05) is 4.90 Å². The van der Waals surface area contributed by atoms with Crippen LogP contribution in [0.4, 0.5) is 17.3 Å². The van der Waals surface area contributed by atoms with E-state index < -0.39 is 5.72 Å². The highest BCUT2D eigenvalue weighted by molar-refractivity contribution is 5.68. The summed E-state index contributed by atoms with van der Waals surface area (Å²) in [6, 6.07) is 3.51. The second-order valence-electron chi connectivity index (χ2n) is 6.11. The molecule has 0 aliphatic carbocycles. The van der Waals surface area contributed by atoms with Gasteiger partial charge in [-0.05, 0) is 37.8 Å². The first-order chi connectivity index (χ1) is 11.1. The molecule has 1 aromatic heterocycles. The number of carbonyl (C=O) groups is 1. The van der Waals surface area contributed by atoms with E-state index in [-0.39, 0.29) is 12.8 Å². The Morgan fingerprint density at radius 1 is 1.43 bits per heavy atom. The Morgan fingerprint density at radius 3 is 3.00 bits per heavy atom. The van der Waals surface area contributed by atoms with Gasteiger partial charge in [0, 0.05) is 13.1 Å². The lowest BCUT2D eigenvalue weighted by atomic mass is 10.1. The minimum atomic E-state index is -1.27. The maximum Gasteiger partial charge on any atom is 0.208 e. The Bertz CT molecular complexity index is 584. The number of nitrogens with zero attached hydrogens (tertiary/aromatic N) is 3. The highest BCUT2D eigenvalue weighted by Gasteiger charge is 2.39. The van der Waals surface area contributed by atoms with Crippen molar-refractivity contribution in [3.63, 3.8) is 0 Å². The Morgan fingerprint density at radius 2 is 2.26 bits per heavy atom. The van der Waals surface area contributed by atoms with Crippen LogP contribution in [0.25, 0.3) is 0 Å². The number of hydrogen-bond acceptors (Lipinski definition) is 7. The summed E-state index contributed by atoms with van der Waals surface area (Å²) >= 11 is 0. The zero-order chi connectivity index (χ0) is 16.4. The Labute approximate surface area is 134 Å². The van der Waals surface area contributed by atoms with Crippen LogP contribution in [0, 0.1) is 0 Å². The molecule has 2 aliphatic heterocycles. The lowest BCUT2D eigenvalue weighted by Gasteiger charge is -2.34. The fourth-order valence-electron chi connectivity index (χ4n) is 3.46. The second-order valence-corrected chi connectivity index (χ2v) is 6.11. The third kappa shape index (κ3) is 2.79. The van der Waals surface area contributed by atoms with E-state index in [2.05, 4.69) is 10.3 Å². The van der Waals surface area contributed by atoms with Crippen molar-refractivity contribution in [2.45, 2.75) is 37.6 Å². The van der Waals surface area contributed by atoms with Crippen LogP contribution >= 0.6 is 0 Å². The molecule has 0 aromatic carbocycles. The summed E-state index contributed by atoms with van der Waals surface area (Å²) in [4.78, 5) is 19.1. The first kappa shape index (κ1) is 15.8. The zero-order valence-electron chi connectivity index (χ0n) is 13.0. The molecule has 2 atom stereocenters. The molecule has 3 rings (SSSR count). The fourth-order valence-corrected chi connectivity index (χ4v) is 3.46. The van der Waals surface area contributed by atoms with Gasteiger partial charge in [-0.2, -0.15) is 0 Å². The van der Waals surface area contributed by atoms with Gasteiger partial charge in [-0.3, -0.25) is 4.79 Å². The van der Waals surface area contributed by atoms with Gasteiger partial charge in [-0.15, -0.1) is 0 Å². The van der Waals surface area contributed by atoms with Crippen LogP contribution in [0.5, 0.6) is 0 Å². The van der Waals surface area contributed by atoms with Gasteiger partial charge in [0.25, 0.3) is 0 Å². The van der Waals surface area contributed by atoms with E-state index in [9.17, 15) is 15.0 Å². The van der Waals surface area contributed by atoms with Crippen LogP contribution in [0.1, 0.15) is 25.7 Å². The second kappa shape index (κ2) is 6.21. The predicted molar refractivity (Wildman–Crippen MR) is 86.8 cm³/mol. The van der Waals surface area contributed by atoms with Crippen molar-refractivity contribution in [3.05, 3.63) is 12.1 Å². The molecule has 8 heteroatoms. The summed E-state index contributed by atoms with van der Waals surface area (Å²) in [6.45, 7) is 1.05. The van der Waals surface area contributed by atoms with Gasteiger partial charge in [-0.25, -0.2) is 4.98 Å². The van der Waals surface area contributed by atoms with Gasteiger partial charge >= 0.3 is 0 Å². The normalized spacial score (nSPS) is 27.5. The minimum absolute atomic E-state index is 0.118. The molecule has 5 N–H and O–H groups in total. The SMILES string of the molecule is Nc1ccc(N2CCCC2(O)CO)nc1N1CCCC1NC=O. The van der Waals surface area contributed by atoms with Crippen molar-refractivity contribution in [2.24, 2.45) is 0 Å². The predicted octanol–water partition coefficient (Wildman–Crippen LogP) is -0.383. The van der Waals surface area contributed by atoms with Crippen molar-refractivity contribution in [3.8, 4) is 0 Å². The number of carbonyl (C=O) groups excluding carboxylic acids is 1. The number of hydrogen-bond donors (Lipinski definition) is 4. The van der Waals surface area contributed by atoms with Crippen LogP contribution in [-0.4, -0.2) is 53.2 Å². The molecule has 126 valence electrons. The maximum atomic E-state index is 10.8. The number of aliphatic hydroxyl groups is 2. The monoisotopic (exact) mass is 321 g/mol. The third-order valence-electron chi connectivity index (χ3n) is 4.67. The van der Waals surface area contributed by atoms with Crippen molar-refractivity contribution in [1.82, 2.24) is 10.3 Å². The molecular weight excluding hydrogens is 298 g/mol. The number of amides is 1. The molecule has 0 radical (unpaired) electrons. The molecule has 8 nitrogen and oxygen atoms in total. The van der Waals surface area contributed by atoms with Crippen molar-refractivity contribution in [1.29, 1.82) is 0 Å². The molecular formula is C15H23N5O3. The minimum Gasteiger partial charge on any atom is -0.396 e. The molecule has 2 unspecified atom stereocenters. The lowest BCUT2D eigenvalue weighted by Crippen LogP contribution is -2.47. The standard InChI is InChI=1S/C15H23N5O3/c16-11-4-5-13(20-8-2-6-15(20,23)9-21)18-14(11)19-7-1-3-12(19)17-10-22/h4-5,10,12,21,23H,1-3,6-9,16H2,(H,17,22). The summed E-state index contributed by atoms with van der Waals surface area (Å²) in [5, 5.41) is 22.8. The number of aliphatic hydroxyl groups excluding tert-OH is 1. The summed E-state index contributed by atoms with van der Waals surface area (Å²) in [6.07, 6.45) is 3.65. The highest BCUT2D eigenvalue weighted by atomic mass is 16.4. The van der Waals surface area contributed by atoms with E-state index in [1.165, 1.54) is 0 Å². The Hall–Kier alpha value is -2.06. The summed E-state index contributed by atoms with van der Waals surface area (Å²) in [5.41, 5.74) is 5.33. The van der Waals surface area contributed by atoms with E-state index in [1.54, 1.807) is 17.0 Å². The number of nitrogens with one attached hydrogen (secondary N) is 1. The smallest absolute Gasteiger partial charge is 0.208 e. The van der Waals surface area contributed by atoms with Crippen LogP contribution < -0.4 is 20.9 Å². The Balaban J connectivity index is 1.92. The maximum absolute atomic E-state index is 10.8. The average Bonchev–Trinajstić information content (AvgIpc) is 3.16. The first-order valence-electron chi connectivity index (χ1n) is 7.93. The average molecular weight is 321 g/mol. The third-order valence-corrected chi connectivity index (χ3v) is 4.67. The van der Waals surface area contributed by atoms with Gasteiger partial charge in [0.1, 0.15) is 12.0 Å². The van der Waals surface area contributed by atoms with E-state index in [0.29, 0.717) is 36.7 Å². The molecule has 23 heavy (non-hydrogen) atoms. The number of anilines is 3. The van der Waals surface area contributed by atoms with E-state index >= 15 is 0 Å². The van der Waals surface area contributed by atoms with Crippen LogP contribution in [0.15, 0.2) is 12.1 Å². The summed E-state index contributed by atoms with van der Waals surface area (Å²) < 4.78 is 0. The molecule has 0 bridgehead atoms. The summed E-state index contributed by atoms with van der Waals surface area (Å²) in [5.74, 6) is 1.19. The summed E-state index contributed by atoms with van der Waals surface area (Å²) in [7, 11) is 0. The molecule has 0 spiro atoms. The van der Waals surface area contributed by atoms with Gasteiger partial charge < -0.3 is 31.1 Å². The number of aromatic nitrogens is 1. The quantitative estimate of drug-likeness (QED) is 0.546. The van der Waals surface area contributed by atoms with E-state index in [4.69, 9.17) is 5.73 Å². The molecule has 0 saturated carbocycles. The van der Waals surface area contributed by atoms with Gasteiger partial charge in [0.2, 0.25) is 6.41 Å². The van der Waals surface area contributed by atoms with Gasteiger partial charge in [0.15, 0.2) is 11.5 Å². The van der Waals surface area contributed by atoms with Crippen molar-refractivity contribution < 1.29 is 15.0 Å². The molecule has 2 aliphatic rings. The van der Waals surface area contributed by atoms with Crippen molar-refractivity contribution in [2.75, 3.05) is 35.2 Å². The van der Waals surface area contributed by atoms with Crippen LogP contribution in [0.3, 0.4) is 0 Å². The largest absolute Gasteiger partial charge is 0.396 e. The van der Waals surface area contributed by atoms with Crippen molar-refractivity contribution >= 4 is 23.7 Å².